The number of halogens is 1. The van der Waals surface area contributed by atoms with Crippen molar-refractivity contribution in [2.24, 2.45) is 0 Å². The summed E-state index contributed by atoms with van der Waals surface area (Å²) in [6, 6.07) is 10.7. The quantitative estimate of drug-likeness (QED) is 0.634. The minimum atomic E-state index is -0.802. The molecule has 2 rings (SSSR count). The molecule has 126 valence electrons. The molecular weight excluding hydrogens is 336 g/mol. The number of rotatable bonds is 6. The summed E-state index contributed by atoms with van der Waals surface area (Å²) in [6.07, 6.45) is -0.802. The van der Waals surface area contributed by atoms with Crippen molar-refractivity contribution in [1.82, 2.24) is 0 Å². The number of hydrogen-bond donors (Lipinski definition) is 1. The lowest BCUT2D eigenvalue weighted by molar-refractivity contribution is -0.384. The number of nitrogens with zero attached hydrogens (tertiary/aromatic N) is 1. The average Bonchev–Trinajstić information content (AvgIpc) is 2.56. The van der Waals surface area contributed by atoms with E-state index in [-0.39, 0.29) is 16.4 Å². The van der Waals surface area contributed by atoms with E-state index in [1.165, 1.54) is 25.3 Å². The Morgan fingerprint density at radius 3 is 2.58 bits per heavy atom. The molecule has 0 aliphatic carbocycles. The van der Waals surface area contributed by atoms with Gasteiger partial charge in [0.25, 0.3) is 11.6 Å². The Hall–Kier alpha value is -2.80. The fraction of sp³-hybridized carbons (Fsp3) is 0.188. The van der Waals surface area contributed by atoms with Crippen molar-refractivity contribution in [2.45, 2.75) is 13.0 Å². The standard InChI is InChI=1S/C16H15ClN2O5/c1-10(24-13-5-3-4-12(9-13)23-2)16(20)18-15-7-6-11(19(21)22)8-14(15)17/h3-10H,1-2H3,(H,18,20). The Bertz CT molecular complexity index is 766. The van der Waals surface area contributed by atoms with Crippen LogP contribution in [0, 0.1) is 10.1 Å². The maximum Gasteiger partial charge on any atom is 0.271 e. The van der Waals surface area contributed by atoms with Gasteiger partial charge in [-0.2, -0.15) is 0 Å². The van der Waals surface area contributed by atoms with Crippen molar-refractivity contribution in [1.29, 1.82) is 0 Å². The van der Waals surface area contributed by atoms with E-state index in [0.717, 1.165) is 0 Å². The fourth-order valence-electron chi connectivity index (χ4n) is 1.89. The zero-order valence-corrected chi connectivity index (χ0v) is 13.7. The molecule has 2 aromatic carbocycles. The second kappa shape index (κ2) is 7.65. The Morgan fingerprint density at radius 1 is 1.25 bits per heavy atom. The number of ether oxygens (including phenoxy) is 2. The van der Waals surface area contributed by atoms with Gasteiger partial charge in [0, 0.05) is 18.2 Å². The van der Waals surface area contributed by atoms with E-state index in [1.54, 1.807) is 31.2 Å². The number of anilines is 1. The van der Waals surface area contributed by atoms with Gasteiger partial charge < -0.3 is 14.8 Å². The molecular formula is C16H15ClN2O5. The van der Waals surface area contributed by atoms with Crippen LogP contribution in [0.1, 0.15) is 6.92 Å². The monoisotopic (exact) mass is 350 g/mol. The normalized spacial score (nSPS) is 11.5. The molecule has 0 heterocycles. The lowest BCUT2D eigenvalue weighted by atomic mass is 10.2. The SMILES string of the molecule is COc1cccc(OC(C)C(=O)Nc2ccc([N+](=O)[O-])cc2Cl)c1. The van der Waals surface area contributed by atoms with Crippen molar-refractivity contribution in [3.8, 4) is 11.5 Å². The minimum absolute atomic E-state index is 0.0751. The predicted octanol–water partition coefficient (Wildman–Crippen LogP) is 3.66. The van der Waals surface area contributed by atoms with E-state index in [9.17, 15) is 14.9 Å². The highest BCUT2D eigenvalue weighted by molar-refractivity contribution is 6.34. The molecule has 0 radical (unpaired) electrons. The summed E-state index contributed by atoms with van der Waals surface area (Å²) in [4.78, 5) is 22.3. The largest absolute Gasteiger partial charge is 0.497 e. The first-order chi connectivity index (χ1) is 11.4. The van der Waals surface area contributed by atoms with Crippen molar-refractivity contribution in [2.75, 3.05) is 12.4 Å². The summed E-state index contributed by atoms with van der Waals surface area (Å²) < 4.78 is 10.6. The van der Waals surface area contributed by atoms with Gasteiger partial charge in [0.15, 0.2) is 6.10 Å². The van der Waals surface area contributed by atoms with Crippen LogP contribution in [0.5, 0.6) is 11.5 Å². The van der Waals surface area contributed by atoms with E-state index in [4.69, 9.17) is 21.1 Å². The number of nitrogens with one attached hydrogen (secondary N) is 1. The van der Waals surface area contributed by atoms with Crippen LogP contribution in [0.2, 0.25) is 5.02 Å². The third-order valence-corrected chi connectivity index (χ3v) is 3.46. The zero-order chi connectivity index (χ0) is 17.7. The molecule has 0 bridgehead atoms. The summed E-state index contributed by atoms with van der Waals surface area (Å²) >= 11 is 5.95. The molecule has 0 aromatic heterocycles. The molecule has 8 heteroatoms. The summed E-state index contributed by atoms with van der Waals surface area (Å²) in [7, 11) is 1.53. The van der Waals surface area contributed by atoms with Crippen molar-refractivity contribution >= 4 is 28.9 Å². The minimum Gasteiger partial charge on any atom is -0.497 e. The summed E-state index contributed by atoms with van der Waals surface area (Å²) in [5.74, 6) is 0.652. The molecule has 1 N–H and O–H groups in total. The van der Waals surface area contributed by atoms with Crippen LogP contribution < -0.4 is 14.8 Å². The van der Waals surface area contributed by atoms with E-state index in [1.807, 2.05) is 0 Å². The molecule has 0 aliphatic rings. The predicted molar refractivity (Wildman–Crippen MR) is 89.8 cm³/mol. The van der Waals surface area contributed by atoms with Gasteiger partial charge in [-0.05, 0) is 25.1 Å². The van der Waals surface area contributed by atoms with Gasteiger partial charge in [-0.25, -0.2) is 0 Å². The maximum atomic E-state index is 12.2. The Kier molecular flexibility index (Phi) is 5.59. The van der Waals surface area contributed by atoms with Gasteiger partial charge in [0.1, 0.15) is 11.5 Å². The third kappa shape index (κ3) is 4.36. The van der Waals surface area contributed by atoms with Crippen LogP contribution in [0.3, 0.4) is 0 Å². The van der Waals surface area contributed by atoms with Crippen LogP contribution in [0.4, 0.5) is 11.4 Å². The van der Waals surface area contributed by atoms with Crippen LogP contribution in [-0.2, 0) is 4.79 Å². The number of carbonyl (C=O) groups excluding carboxylic acids is 1. The molecule has 24 heavy (non-hydrogen) atoms. The van der Waals surface area contributed by atoms with Crippen LogP contribution in [0.15, 0.2) is 42.5 Å². The lowest BCUT2D eigenvalue weighted by Gasteiger charge is -2.15. The highest BCUT2D eigenvalue weighted by Crippen LogP contribution is 2.27. The molecule has 0 fully saturated rings. The van der Waals surface area contributed by atoms with Gasteiger partial charge in [-0.1, -0.05) is 17.7 Å². The van der Waals surface area contributed by atoms with E-state index in [0.29, 0.717) is 11.5 Å². The third-order valence-electron chi connectivity index (χ3n) is 3.14. The molecule has 1 unspecified atom stereocenters. The molecule has 0 spiro atoms. The lowest BCUT2D eigenvalue weighted by Crippen LogP contribution is -2.30. The number of amides is 1. The van der Waals surface area contributed by atoms with Crippen LogP contribution in [-0.4, -0.2) is 24.0 Å². The molecule has 2 aromatic rings. The summed E-state index contributed by atoms with van der Waals surface area (Å²) in [6.45, 7) is 1.58. The summed E-state index contributed by atoms with van der Waals surface area (Å²) in [5.41, 5.74) is 0.118. The first kappa shape index (κ1) is 17.6. The Labute approximate surface area is 143 Å². The van der Waals surface area contributed by atoms with Gasteiger partial charge in [-0.15, -0.1) is 0 Å². The number of nitro groups is 1. The van der Waals surface area contributed by atoms with Crippen LogP contribution in [0.25, 0.3) is 0 Å². The van der Waals surface area contributed by atoms with Gasteiger partial charge in [0.05, 0.1) is 22.7 Å². The van der Waals surface area contributed by atoms with Crippen LogP contribution >= 0.6 is 11.6 Å². The fourth-order valence-corrected chi connectivity index (χ4v) is 2.11. The smallest absolute Gasteiger partial charge is 0.271 e. The molecule has 0 aliphatic heterocycles. The highest BCUT2D eigenvalue weighted by Gasteiger charge is 2.17. The Balaban J connectivity index is 2.04. The first-order valence-corrected chi connectivity index (χ1v) is 7.34. The second-order valence-corrected chi connectivity index (χ2v) is 5.26. The van der Waals surface area contributed by atoms with E-state index >= 15 is 0 Å². The van der Waals surface area contributed by atoms with Crippen molar-refractivity contribution < 1.29 is 19.2 Å². The van der Waals surface area contributed by atoms with Gasteiger partial charge in [0.2, 0.25) is 0 Å². The molecule has 7 nitrogen and oxygen atoms in total. The number of benzene rings is 2. The summed E-state index contributed by atoms with van der Waals surface area (Å²) in [5, 5.41) is 13.3. The number of nitro benzene ring substituents is 1. The second-order valence-electron chi connectivity index (χ2n) is 4.85. The molecule has 1 amide bonds. The molecule has 1 atom stereocenters. The average molecular weight is 351 g/mol. The number of non-ortho nitro benzene ring substituents is 1. The maximum absolute atomic E-state index is 12.2. The topological polar surface area (TPSA) is 90.7 Å². The van der Waals surface area contributed by atoms with Crippen molar-refractivity contribution in [3.05, 3.63) is 57.6 Å². The number of carbonyl (C=O) groups is 1. The van der Waals surface area contributed by atoms with E-state index in [2.05, 4.69) is 5.32 Å². The van der Waals surface area contributed by atoms with Gasteiger partial charge >= 0.3 is 0 Å². The molecule has 0 saturated heterocycles. The molecule has 0 saturated carbocycles. The van der Waals surface area contributed by atoms with Crippen molar-refractivity contribution in [3.63, 3.8) is 0 Å². The highest BCUT2D eigenvalue weighted by atomic mass is 35.5. The van der Waals surface area contributed by atoms with E-state index < -0.39 is 16.9 Å². The Morgan fingerprint density at radius 2 is 1.96 bits per heavy atom. The first-order valence-electron chi connectivity index (χ1n) is 6.96. The zero-order valence-electron chi connectivity index (χ0n) is 13.0. The number of hydrogen-bond acceptors (Lipinski definition) is 5. The van der Waals surface area contributed by atoms with Gasteiger partial charge in [-0.3, -0.25) is 14.9 Å². The number of methoxy groups -OCH3 is 1.